The molecule has 1 N–H and O–H groups in total. The van der Waals surface area contributed by atoms with Crippen molar-refractivity contribution in [2.24, 2.45) is 0 Å². The first kappa shape index (κ1) is 20.6. The van der Waals surface area contributed by atoms with E-state index >= 15 is 0 Å². The van der Waals surface area contributed by atoms with Crippen molar-refractivity contribution in [2.45, 2.75) is 37.1 Å². The predicted octanol–water partition coefficient (Wildman–Crippen LogP) is 1.94. The van der Waals surface area contributed by atoms with Gasteiger partial charge in [0.05, 0.1) is 4.90 Å². The van der Waals surface area contributed by atoms with Gasteiger partial charge in [-0.15, -0.1) is 0 Å². The summed E-state index contributed by atoms with van der Waals surface area (Å²) in [6.45, 7) is 3.75. The van der Waals surface area contributed by atoms with Crippen LogP contribution in [-0.2, 0) is 14.8 Å². The van der Waals surface area contributed by atoms with Crippen LogP contribution in [0.2, 0.25) is 0 Å². The Labute approximate surface area is 156 Å². The molecule has 1 unspecified atom stereocenters. The van der Waals surface area contributed by atoms with E-state index in [1.54, 1.807) is 43.3 Å². The number of hydrogen-bond acceptors (Lipinski definition) is 4. The Morgan fingerprint density at radius 1 is 1.27 bits per heavy atom. The molecule has 0 spiro atoms. The van der Waals surface area contributed by atoms with Gasteiger partial charge >= 0.3 is 0 Å². The molecule has 0 aliphatic carbocycles. The third-order valence-corrected chi connectivity index (χ3v) is 5.99. The molecule has 1 fully saturated rings. The minimum atomic E-state index is -3.45. The Hall–Kier alpha value is -1.70. The van der Waals surface area contributed by atoms with E-state index in [1.165, 1.54) is 0 Å². The van der Waals surface area contributed by atoms with Gasteiger partial charge in [0.15, 0.2) is 0 Å². The molecule has 1 atom stereocenters. The zero-order valence-electron chi connectivity index (χ0n) is 15.8. The second kappa shape index (κ2) is 9.30. The highest BCUT2D eigenvalue weighted by Crippen LogP contribution is 2.18. The summed E-state index contributed by atoms with van der Waals surface area (Å²) >= 11 is 0. The molecule has 1 heterocycles. The summed E-state index contributed by atoms with van der Waals surface area (Å²) in [5.41, 5.74) is 0.801. The van der Waals surface area contributed by atoms with E-state index in [0.29, 0.717) is 6.54 Å². The molecule has 1 aliphatic rings. The van der Waals surface area contributed by atoms with E-state index in [1.807, 2.05) is 19.0 Å². The number of nitrogens with one attached hydrogen (secondary N) is 1. The highest BCUT2D eigenvalue weighted by molar-refractivity contribution is 7.89. The van der Waals surface area contributed by atoms with Gasteiger partial charge in [-0.3, -0.25) is 4.79 Å². The van der Waals surface area contributed by atoms with Gasteiger partial charge in [0.25, 0.3) is 0 Å². The molecule has 0 saturated carbocycles. The number of carbonyl (C=O) groups is 1. The van der Waals surface area contributed by atoms with Gasteiger partial charge in [0, 0.05) is 31.8 Å². The topological polar surface area (TPSA) is 69.7 Å². The number of hydrogen-bond donors (Lipinski definition) is 1. The predicted molar refractivity (Wildman–Crippen MR) is 104 cm³/mol. The zero-order valence-corrected chi connectivity index (χ0v) is 16.6. The van der Waals surface area contributed by atoms with Crippen molar-refractivity contribution in [3.05, 3.63) is 35.9 Å². The molecule has 1 aromatic rings. The summed E-state index contributed by atoms with van der Waals surface area (Å²) in [6, 6.07) is 6.78. The maximum Gasteiger partial charge on any atom is 0.246 e. The first-order valence-electron chi connectivity index (χ1n) is 9.06. The summed E-state index contributed by atoms with van der Waals surface area (Å²) in [7, 11) is 0.600. The third kappa shape index (κ3) is 5.65. The number of benzene rings is 1. The average Bonchev–Trinajstić information content (AvgIpc) is 2.60. The van der Waals surface area contributed by atoms with E-state index in [0.717, 1.165) is 37.9 Å². The van der Waals surface area contributed by atoms with Crippen molar-refractivity contribution in [1.29, 1.82) is 0 Å². The lowest BCUT2D eigenvalue weighted by molar-refractivity contribution is -0.129. The van der Waals surface area contributed by atoms with E-state index in [9.17, 15) is 13.2 Å². The van der Waals surface area contributed by atoms with Crippen LogP contribution >= 0.6 is 0 Å². The first-order chi connectivity index (χ1) is 12.3. The summed E-state index contributed by atoms with van der Waals surface area (Å²) in [4.78, 5) is 16.9. The van der Waals surface area contributed by atoms with Gasteiger partial charge in [0.2, 0.25) is 15.9 Å². The highest BCUT2D eigenvalue weighted by Gasteiger charge is 2.25. The van der Waals surface area contributed by atoms with Gasteiger partial charge in [0.1, 0.15) is 0 Å². The first-order valence-corrected chi connectivity index (χ1v) is 10.5. The lowest BCUT2D eigenvalue weighted by atomic mass is 10.0. The largest absolute Gasteiger partial charge is 0.335 e. The molecule has 2 rings (SSSR count). The maximum absolute atomic E-state index is 12.6. The Kier molecular flexibility index (Phi) is 7.37. The fourth-order valence-electron chi connectivity index (χ4n) is 3.20. The Morgan fingerprint density at radius 3 is 2.58 bits per heavy atom. The molecular weight excluding hydrogens is 350 g/mol. The third-order valence-electron chi connectivity index (χ3n) is 4.43. The summed E-state index contributed by atoms with van der Waals surface area (Å²) in [5, 5.41) is 0. The van der Waals surface area contributed by atoms with Crippen molar-refractivity contribution in [3.8, 4) is 0 Å². The van der Waals surface area contributed by atoms with Gasteiger partial charge in [-0.25, -0.2) is 13.1 Å². The van der Waals surface area contributed by atoms with E-state index in [2.05, 4.69) is 9.62 Å². The van der Waals surface area contributed by atoms with Gasteiger partial charge < -0.3 is 9.80 Å². The van der Waals surface area contributed by atoms with Gasteiger partial charge in [-0.1, -0.05) is 19.1 Å². The van der Waals surface area contributed by atoms with Crippen LogP contribution in [0.25, 0.3) is 6.08 Å². The van der Waals surface area contributed by atoms with Gasteiger partial charge in [-0.2, -0.15) is 0 Å². The van der Waals surface area contributed by atoms with Crippen molar-refractivity contribution < 1.29 is 13.2 Å². The Morgan fingerprint density at radius 2 is 1.96 bits per heavy atom. The van der Waals surface area contributed by atoms with Crippen LogP contribution in [0, 0.1) is 0 Å². The molecule has 26 heavy (non-hydrogen) atoms. The van der Waals surface area contributed by atoms with Crippen LogP contribution in [0.15, 0.2) is 35.2 Å². The molecule has 144 valence electrons. The van der Waals surface area contributed by atoms with Gasteiger partial charge in [-0.05, 0) is 57.1 Å². The van der Waals surface area contributed by atoms with E-state index in [4.69, 9.17) is 0 Å². The fraction of sp³-hybridized carbons (Fsp3) is 0.526. The molecule has 7 heteroatoms. The molecule has 0 bridgehead atoms. The summed E-state index contributed by atoms with van der Waals surface area (Å²) in [6.07, 6.45) is 6.57. The Bertz CT molecular complexity index is 727. The van der Waals surface area contributed by atoms with Crippen molar-refractivity contribution in [3.63, 3.8) is 0 Å². The molecule has 6 nitrogen and oxygen atoms in total. The second-order valence-electron chi connectivity index (χ2n) is 6.85. The molecule has 1 aromatic carbocycles. The van der Waals surface area contributed by atoms with Crippen LogP contribution in [0.1, 0.15) is 31.7 Å². The molecule has 1 saturated heterocycles. The second-order valence-corrected chi connectivity index (χ2v) is 8.61. The fourth-order valence-corrected chi connectivity index (χ4v) is 4.24. The normalized spacial score (nSPS) is 18.6. The summed E-state index contributed by atoms with van der Waals surface area (Å²) < 4.78 is 26.4. The van der Waals surface area contributed by atoms with Crippen molar-refractivity contribution >= 4 is 22.0 Å². The minimum absolute atomic E-state index is 0.0147. The standard InChI is InChI=1S/C19H29N3O3S/c1-4-20-26(24,25)18-11-8-16(9-12-18)10-13-19(23)22-14-6-5-7-17(22)15-21(2)3/h8-13,17,20H,4-7,14-15H2,1-3H3/b13-10+. The quantitative estimate of drug-likeness (QED) is 0.735. The zero-order chi connectivity index (χ0) is 19.2. The molecule has 0 aromatic heterocycles. The molecular formula is C19H29N3O3S. The minimum Gasteiger partial charge on any atom is -0.335 e. The number of piperidine rings is 1. The number of carbonyl (C=O) groups excluding carboxylic acids is 1. The highest BCUT2D eigenvalue weighted by atomic mass is 32.2. The van der Waals surface area contributed by atoms with Crippen LogP contribution in [0.4, 0.5) is 0 Å². The number of likely N-dealkylation sites (tertiary alicyclic amines) is 1. The number of amides is 1. The monoisotopic (exact) mass is 379 g/mol. The van der Waals surface area contributed by atoms with Crippen LogP contribution in [-0.4, -0.2) is 63.9 Å². The molecule has 0 radical (unpaired) electrons. The number of rotatable bonds is 7. The lowest BCUT2D eigenvalue weighted by Crippen LogP contribution is -2.47. The van der Waals surface area contributed by atoms with E-state index < -0.39 is 10.0 Å². The smallest absolute Gasteiger partial charge is 0.246 e. The van der Waals surface area contributed by atoms with Crippen molar-refractivity contribution in [1.82, 2.24) is 14.5 Å². The Balaban J connectivity index is 2.05. The number of sulfonamides is 1. The molecule has 1 amide bonds. The van der Waals surface area contributed by atoms with Crippen molar-refractivity contribution in [2.75, 3.05) is 33.7 Å². The van der Waals surface area contributed by atoms with Crippen LogP contribution in [0.5, 0.6) is 0 Å². The van der Waals surface area contributed by atoms with E-state index in [-0.39, 0.29) is 16.8 Å². The SMILES string of the molecule is CCNS(=O)(=O)c1ccc(/C=C/C(=O)N2CCCCC2CN(C)C)cc1. The number of nitrogens with zero attached hydrogens (tertiary/aromatic N) is 2. The lowest BCUT2D eigenvalue weighted by Gasteiger charge is -2.36. The maximum atomic E-state index is 12.6. The van der Waals surface area contributed by atoms with Crippen LogP contribution < -0.4 is 4.72 Å². The average molecular weight is 380 g/mol. The van der Waals surface area contributed by atoms with Crippen LogP contribution in [0.3, 0.4) is 0 Å². The molecule has 1 aliphatic heterocycles. The summed E-state index contributed by atoms with van der Waals surface area (Å²) in [5.74, 6) is 0.0147. The number of likely N-dealkylation sites (N-methyl/N-ethyl adjacent to an activating group) is 1.